The van der Waals surface area contributed by atoms with Crippen LogP contribution in [0.2, 0.25) is 0 Å². The van der Waals surface area contributed by atoms with Crippen molar-refractivity contribution in [3.8, 4) is 0 Å². The van der Waals surface area contributed by atoms with Crippen molar-refractivity contribution in [2.45, 2.75) is 24.4 Å². The van der Waals surface area contributed by atoms with Crippen LogP contribution < -0.4 is 21.7 Å². The third kappa shape index (κ3) is 2.66. The number of nitrogens with one attached hydrogen (secondary N) is 3. The summed E-state index contributed by atoms with van der Waals surface area (Å²) in [6, 6.07) is 4.48. The molecule has 0 bridgehead atoms. The number of hydrogen-bond donors (Lipinski definition) is 4. The second-order valence-corrected chi connectivity index (χ2v) is 4.99. The summed E-state index contributed by atoms with van der Waals surface area (Å²) in [4.78, 5) is 0. The van der Waals surface area contributed by atoms with Crippen molar-refractivity contribution in [3.05, 3.63) is 42.0 Å². The van der Waals surface area contributed by atoms with E-state index in [1.54, 1.807) is 19.2 Å². The van der Waals surface area contributed by atoms with Gasteiger partial charge in [-0.05, 0) is 38.1 Å². The molecule has 0 aliphatic heterocycles. The van der Waals surface area contributed by atoms with Gasteiger partial charge in [-0.1, -0.05) is 6.58 Å². The van der Waals surface area contributed by atoms with Crippen molar-refractivity contribution in [2.24, 2.45) is 0 Å². The number of halogens is 1. The fourth-order valence-electron chi connectivity index (χ4n) is 2.36. The summed E-state index contributed by atoms with van der Waals surface area (Å²) in [6.07, 6.45) is 1.98. The number of hydrogen-bond acceptors (Lipinski definition) is 4. The standard InChI is InChI=1S/C14H21FN4/c1-9(17-2)19-13(14(18-3)6-7-14)11-8-10(16)4-5-12(11)15/h4-5,8,13,17-19H,1,6-7,16H2,2-3H3. The topological polar surface area (TPSA) is 62.1 Å². The average molecular weight is 264 g/mol. The molecule has 1 aromatic rings. The highest BCUT2D eigenvalue weighted by atomic mass is 19.1. The first-order chi connectivity index (χ1) is 9.02. The molecular formula is C14H21FN4. The van der Waals surface area contributed by atoms with Gasteiger partial charge in [0, 0.05) is 23.8 Å². The molecule has 1 aliphatic rings. The van der Waals surface area contributed by atoms with Gasteiger partial charge in [0.2, 0.25) is 0 Å². The molecule has 4 nitrogen and oxygen atoms in total. The number of nitrogens with two attached hydrogens (primary N) is 1. The van der Waals surface area contributed by atoms with Crippen molar-refractivity contribution < 1.29 is 4.39 Å². The number of benzene rings is 1. The van der Waals surface area contributed by atoms with Gasteiger partial charge < -0.3 is 21.7 Å². The van der Waals surface area contributed by atoms with Gasteiger partial charge in [0.25, 0.3) is 0 Å². The van der Waals surface area contributed by atoms with Gasteiger partial charge in [-0.25, -0.2) is 4.39 Å². The van der Waals surface area contributed by atoms with E-state index in [9.17, 15) is 4.39 Å². The zero-order valence-corrected chi connectivity index (χ0v) is 11.4. The van der Waals surface area contributed by atoms with Gasteiger partial charge in [-0.2, -0.15) is 0 Å². The number of nitrogen functional groups attached to an aromatic ring is 1. The van der Waals surface area contributed by atoms with Crippen LogP contribution in [0.25, 0.3) is 0 Å². The van der Waals surface area contributed by atoms with Crippen molar-refractivity contribution >= 4 is 5.69 Å². The Morgan fingerprint density at radius 3 is 2.63 bits per heavy atom. The van der Waals surface area contributed by atoms with Crippen LogP contribution in [0.3, 0.4) is 0 Å². The van der Waals surface area contributed by atoms with E-state index in [0.29, 0.717) is 17.1 Å². The highest BCUT2D eigenvalue weighted by Gasteiger charge is 2.49. The Morgan fingerprint density at radius 2 is 2.11 bits per heavy atom. The normalized spacial score (nSPS) is 17.6. The lowest BCUT2D eigenvalue weighted by molar-refractivity contribution is 0.385. The van der Waals surface area contributed by atoms with E-state index in [1.165, 1.54) is 6.07 Å². The molecule has 1 saturated carbocycles. The first-order valence-corrected chi connectivity index (χ1v) is 6.39. The number of likely N-dealkylation sites (N-methyl/N-ethyl adjacent to an activating group) is 1. The minimum Gasteiger partial charge on any atom is -0.399 e. The molecule has 1 aromatic carbocycles. The second kappa shape index (κ2) is 5.09. The number of rotatable bonds is 6. The summed E-state index contributed by atoms with van der Waals surface area (Å²) in [5, 5.41) is 9.47. The lowest BCUT2D eigenvalue weighted by Gasteiger charge is -2.30. The maximum absolute atomic E-state index is 14.1. The van der Waals surface area contributed by atoms with E-state index < -0.39 is 0 Å². The number of anilines is 1. The Kier molecular flexibility index (Phi) is 3.66. The zero-order valence-electron chi connectivity index (χ0n) is 11.4. The molecule has 0 amide bonds. The summed E-state index contributed by atoms with van der Waals surface area (Å²) in [6.45, 7) is 3.86. The molecule has 2 rings (SSSR count). The SMILES string of the molecule is C=C(NC)NC(c1cc(N)ccc1F)C1(NC)CC1. The van der Waals surface area contributed by atoms with E-state index in [-0.39, 0.29) is 17.4 Å². The van der Waals surface area contributed by atoms with E-state index in [0.717, 1.165) is 12.8 Å². The molecule has 1 fully saturated rings. The molecule has 19 heavy (non-hydrogen) atoms. The molecule has 104 valence electrons. The van der Waals surface area contributed by atoms with Gasteiger partial charge in [-0.15, -0.1) is 0 Å². The van der Waals surface area contributed by atoms with Crippen LogP contribution in [-0.4, -0.2) is 19.6 Å². The molecule has 0 heterocycles. The minimum atomic E-state index is -0.253. The molecule has 0 saturated heterocycles. The summed E-state index contributed by atoms with van der Waals surface area (Å²) in [5.74, 6) is 0.408. The van der Waals surface area contributed by atoms with Gasteiger partial charge >= 0.3 is 0 Å². The molecule has 1 aliphatic carbocycles. The van der Waals surface area contributed by atoms with Gasteiger partial charge in [0.1, 0.15) is 5.82 Å². The Hall–Kier alpha value is -1.75. The third-order valence-electron chi connectivity index (χ3n) is 3.79. The molecule has 1 atom stereocenters. The van der Waals surface area contributed by atoms with Crippen LogP contribution in [0, 0.1) is 5.82 Å². The van der Waals surface area contributed by atoms with Crippen molar-refractivity contribution in [1.82, 2.24) is 16.0 Å². The zero-order chi connectivity index (χ0) is 14.0. The van der Waals surface area contributed by atoms with Crippen LogP contribution in [0.4, 0.5) is 10.1 Å². The smallest absolute Gasteiger partial charge is 0.128 e. The molecular weight excluding hydrogens is 243 g/mol. The van der Waals surface area contributed by atoms with Crippen LogP contribution in [0.15, 0.2) is 30.6 Å². The van der Waals surface area contributed by atoms with Crippen LogP contribution >= 0.6 is 0 Å². The second-order valence-electron chi connectivity index (χ2n) is 4.99. The predicted octanol–water partition coefficient (Wildman–Crippen LogP) is 1.48. The van der Waals surface area contributed by atoms with E-state index in [1.807, 2.05) is 7.05 Å². The summed E-state index contributed by atoms with van der Waals surface area (Å²) in [5.41, 5.74) is 6.78. The summed E-state index contributed by atoms with van der Waals surface area (Å²) >= 11 is 0. The Morgan fingerprint density at radius 1 is 1.42 bits per heavy atom. The van der Waals surface area contributed by atoms with E-state index in [4.69, 9.17) is 5.73 Å². The quantitative estimate of drug-likeness (QED) is 0.588. The fraction of sp³-hybridized carbons (Fsp3) is 0.429. The first-order valence-electron chi connectivity index (χ1n) is 6.39. The van der Waals surface area contributed by atoms with Crippen molar-refractivity contribution in [3.63, 3.8) is 0 Å². The molecule has 0 spiro atoms. The van der Waals surface area contributed by atoms with Gasteiger partial charge in [0.05, 0.1) is 11.9 Å². The lowest BCUT2D eigenvalue weighted by atomic mass is 9.96. The predicted molar refractivity (Wildman–Crippen MR) is 75.9 cm³/mol. The maximum atomic E-state index is 14.1. The molecule has 5 N–H and O–H groups in total. The Bertz CT molecular complexity index is 482. The molecule has 0 aromatic heterocycles. The molecule has 1 unspecified atom stereocenters. The van der Waals surface area contributed by atoms with Crippen LogP contribution in [0.1, 0.15) is 24.4 Å². The largest absolute Gasteiger partial charge is 0.399 e. The van der Waals surface area contributed by atoms with Gasteiger partial charge in [-0.3, -0.25) is 0 Å². The Labute approximate surface area is 113 Å². The minimum absolute atomic E-state index is 0.131. The van der Waals surface area contributed by atoms with E-state index in [2.05, 4.69) is 22.5 Å². The molecule has 0 radical (unpaired) electrons. The van der Waals surface area contributed by atoms with Crippen LogP contribution in [0.5, 0.6) is 0 Å². The first kappa shape index (κ1) is 13.7. The average Bonchev–Trinajstić information content (AvgIpc) is 3.19. The summed E-state index contributed by atoms with van der Waals surface area (Å²) in [7, 11) is 3.68. The third-order valence-corrected chi connectivity index (χ3v) is 3.79. The highest BCUT2D eigenvalue weighted by Crippen LogP contribution is 2.46. The lowest BCUT2D eigenvalue weighted by Crippen LogP contribution is -2.43. The maximum Gasteiger partial charge on any atom is 0.128 e. The van der Waals surface area contributed by atoms with Crippen molar-refractivity contribution in [2.75, 3.05) is 19.8 Å². The highest BCUT2D eigenvalue weighted by molar-refractivity contribution is 5.44. The Balaban J connectivity index is 2.37. The fourth-order valence-corrected chi connectivity index (χ4v) is 2.36. The monoisotopic (exact) mass is 264 g/mol. The summed E-state index contributed by atoms with van der Waals surface area (Å²) < 4.78 is 14.1. The van der Waals surface area contributed by atoms with Crippen LogP contribution in [-0.2, 0) is 0 Å². The molecule has 5 heteroatoms. The van der Waals surface area contributed by atoms with Crippen molar-refractivity contribution in [1.29, 1.82) is 0 Å². The van der Waals surface area contributed by atoms with Gasteiger partial charge in [0.15, 0.2) is 0 Å². The van der Waals surface area contributed by atoms with E-state index >= 15 is 0 Å².